The van der Waals surface area contributed by atoms with Crippen LogP contribution in [0.15, 0.2) is 105 Å². The van der Waals surface area contributed by atoms with Gasteiger partial charge in [0.2, 0.25) is 6.79 Å². The van der Waals surface area contributed by atoms with Gasteiger partial charge in [0.15, 0.2) is 16.3 Å². The van der Waals surface area contributed by atoms with Crippen molar-refractivity contribution in [2.75, 3.05) is 13.4 Å². The molecule has 45 heavy (non-hydrogen) atoms. The van der Waals surface area contributed by atoms with E-state index >= 15 is 0 Å². The fourth-order valence-corrected chi connectivity index (χ4v) is 6.34. The Labute approximate surface area is 259 Å². The highest BCUT2D eigenvalue weighted by molar-refractivity contribution is 7.07. The number of carboxylic acids is 1. The minimum atomic E-state index is -1.04. The van der Waals surface area contributed by atoms with Crippen molar-refractivity contribution in [1.82, 2.24) is 4.57 Å². The van der Waals surface area contributed by atoms with Gasteiger partial charge in [0.25, 0.3) is 5.56 Å². The first-order valence-corrected chi connectivity index (χ1v) is 14.8. The first-order chi connectivity index (χ1) is 21.9. The zero-order chi connectivity index (χ0) is 31.1. The summed E-state index contributed by atoms with van der Waals surface area (Å²) in [6.07, 6.45) is 1.61. The highest BCUT2D eigenvalue weighted by Crippen LogP contribution is 2.40. The normalized spacial score (nSPS) is 15.5. The lowest BCUT2D eigenvalue weighted by Gasteiger charge is -2.26. The molecule has 0 unspecified atom stereocenters. The van der Waals surface area contributed by atoms with Crippen LogP contribution in [0.2, 0.25) is 0 Å². The number of thiazole rings is 1. The van der Waals surface area contributed by atoms with E-state index in [0.29, 0.717) is 54.7 Å². The van der Waals surface area contributed by atoms with Crippen LogP contribution in [0, 0.1) is 0 Å². The van der Waals surface area contributed by atoms with Crippen LogP contribution in [-0.2, 0) is 9.53 Å². The summed E-state index contributed by atoms with van der Waals surface area (Å²) in [7, 11) is 0. The molecule has 0 amide bonds. The number of nitrogens with zero attached hydrogens (tertiary/aromatic N) is 2. The minimum Gasteiger partial charge on any atom is -0.478 e. The van der Waals surface area contributed by atoms with Crippen LogP contribution in [0.1, 0.15) is 40.2 Å². The van der Waals surface area contributed by atoms with E-state index in [-0.39, 0.29) is 30.1 Å². The summed E-state index contributed by atoms with van der Waals surface area (Å²) < 4.78 is 24.5. The van der Waals surface area contributed by atoms with Gasteiger partial charge in [0.05, 0.1) is 34.0 Å². The second-order valence-corrected chi connectivity index (χ2v) is 11.1. The Kier molecular flexibility index (Phi) is 7.14. The number of ether oxygens (including phenoxy) is 3. The van der Waals surface area contributed by atoms with E-state index in [1.54, 1.807) is 55.5 Å². The highest BCUT2D eigenvalue weighted by atomic mass is 32.1. The molecule has 11 heteroatoms. The number of furan rings is 1. The number of benzene rings is 3. The number of aromatic nitrogens is 1. The Morgan fingerprint density at radius 1 is 1.00 bits per heavy atom. The van der Waals surface area contributed by atoms with Crippen molar-refractivity contribution in [2.45, 2.75) is 13.0 Å². The Morgan fingerprint density at radius 3 is 2.60 bits per heavy atom. The molecule has 1 atom stereocenters. The molecule has 0 spiro atoms. The van der Waals surface area contributed by atoms with Crippen molar-refractivity contribution < 1.29 is 33.3 Å². The summed E-state index contributed by atoms with van der Waals surface area (Å²) in [6, 6.07) is 23.6. The van der Waals surface area contributed by atoms with Crippen LogP contribution in [0.3, 0.4) is 0 Å². The fourth-order valence-electron chi connectivity index (χ4n) is 5.36. The molecule has 224 valence electrons. The Bertz CT molecular complexity index is 2190. The molecule has 0 aliphatic carbocycles. The molecule has 7 rings (SSSR count). The summed E-state index contributed by atoms with van der Waals surface area (Å²) in [4.78, 5) is 44.5. The van der Waals surface area contributed by atoms with E-state index in [9.17, 15) is 19.5 Å². The summed E-state index contributed by atoms with van der Waals surface area (Å²) in [6.45, 7) is 1.93. The third kappa shape index (κ3) is 5.12. The monoisotopic (exact) mass is 620 g/mol. The Balaban J connectivity index is 1.41. The zero-order valence-electron chi connectivity index (χ0n) is 23.8. The molecule has 2 aliphatic heterocycles. The third-order valence-corrected chi connectivity index (χ3v) is 8.36. The lowest BCUT2D eigenvalue weighted by molar-refractivity contribution is -0.138. The van der Waals surface area contributed by atoms with Gasteiger partial charge in [-0.15, -0.1) is 0 Å². The van der Waals surface area contributed by atoms with E-state index in [1.165, 1.54) is 28.0 Å². The molecular formula is C34H24N2O8S. The average Bonchev–Trinajstić information content (AvgIpc) is 3.80. The molecule has 1 N–H and O–H groups in total. The first kappa shape index (κ1) is 28.1. The molecule has 3 aromatic carbocycles. The number of hydrogen-bond donors (Lipinski definition) is 1. The van der Waals surface area contributed by atoms with Crippen molar-refractivity contribution in [3.8, 4) is 22.8 Å². The summed E-state index contributed by atoms with van der Waals surface area (Å²) >= 11 is 1.17. The topological polar surface area (TPSA) is 130 Å². The number of fused-ring (bicyclic) bond motifs is 2. The van der Waals surface area contributed by atoms with Gasteiger partial charge in [-0.25, -0.2) is 14.6 Å². The van der Waals surface area contributed by atoms with Crippen molar-refractivity contribution >= 4 is 35.0 Å². The molecule has 0 radical (unpaired) electrons. The van der Waals surface area contributed by atoms with Crippen molar-refractivity contribution in [1.29, 1.82) is 0 Å². The highest BCUT2D eigenvalue weighted by Gasteiger charge is 2.36. The second-order valence-electron chi connectivity index (χ2n) is 10.1. The van der Waals surface area contributed by atoms with E-state index in [0.717, 1.165) is 0 Å². The number of aromatic carboxylic acids is 1. The Hall–Kier alpha value is -5.68. The maximum atomic E-state index is 14.1. The minimum absolute atomic E-state index is 0.0725. The Morgan fingerprint density at radius 2 is 1.80 bits per heavy atom. The molecule has 2 aromatic heterocycles. The van der Waals surface area contributed by atoms with E-state index in [4.69, 9.17) is 23.6 Å². The number of carboxylic acid groups (broad SMARTS) is 1. The summed E-state index contributed by atoms with van der Waals surface area (Å²) in [5.41, 5.74) is 2.29. The molecule has 0 saturated heterocycles. The molecule has 0 saturated carbocycles. The number of hydrogen-bond acceptors (Lipinski definition) is 9. The van der Waals surface area contributed by atoms with Gasteiger partial charge in [0, 0.05) is 17.2 Å². The molecule has 5 aromatic rings. The van der Waals surface area contributed by atoms with Crippen LogP contribution < -0.4 is 24.4 Å². The molecule has 4 heterocycles. The lowest BCUT2D eigenvalue weighted by atomic mass is 9.93. The summed E-state index contributed by atoms with van der Waals surface area (Å²) in [5.74, 6) is 0.287. The van der Waals surface area contributed by atoms with Gasteiger partial charge in [-0.1, -0.05) is 59.9 Å². The van der Waals surface area contributed by atoms with Crippen LogP contribution in [0.5, 0.6) is 11.5 Å². The van der Waals surface area contributed by atoms with Gasteiger partial charge in [-0.3, -0.25) is 9.36 Å². The quantitative estimate of drug-likeness (QED) is 0.261. The number of esters is 1. The molecule has 2 aliphatic rings. The first-order valence-electron chi connectivity index (χ1n) is 14.0. The van der Waals surface area contributed by atoms with Crippen molar-refractivity contribution in [3.63, 3.8) is 0 Å². The molecule has 0 fully saturated rings. The van der Waals surface area contributed by atoms with Crippen LogP contribution >= 0.6 is 11.3 Å². The van der Waals surface area contributed by atoms with Gasteiger partial charge >= 0.3 is 11.9 Å². The van der Waals surface area contributed by atoms with Crippen LogP contribution in [-0.4, -0.2) is 35.0 Å². The maximum absolute atomic E-state index is 14.1. The smallest absolute Gasteiger partial charge is 0.338 e. The average molecular weight is 621 g/mol. The zero-order valence-corrected chi connectivity index (χ0v) is 24.6. The van der Waals surface area contributed by atoms with E-state index in [2.05, 4.69) is 0 Å². The molecule has 10 nitrogen and oxygen atoms in total. The predicted molar refractivity (Wildman–Crippen MR) is 165 cm³/mol. The molecular weight excluding hydrogens is 596 g/mol. The largest absolute Gasteiger partial charge is 0.478 e. The van der Waals surface area contributed by atoms with E-state index < -0.39 is 18.0 Å². The van der Waals surface area contributed by atoms with Crippen molar-refractivity contribution in [3.05, 3.63) is 133 Å². The predicted octanol–water partition coefficient (Wildman–Crippen LogP) is 4.62. The van der Waals surface area contributed by atoms with E-state index in [1.807, 2.05) is 30.3 Å². The van der Waals surface area contributed by atoms with Crippen molar-refractivity contribution in [2.24, 2.45) is 4.99 Å². The maximum Gasteiger partial charge on any atom is 0.338 e. The van der Waals surface area contributed by atoms with Gasteiger partial charge in [-0.2, -0.15) is 0 Å². The standard InChI is InChI=1S/C34H24N2O8S/c1-2-41-33(40)28-29(19-7-4-3-5-8-19)35-34-36(30(28)21-11-13-25-26(16-21)43-18-42-25)31(37)27(45-34)17-23-12-14-24(44-23)20-9-6-10-22(15-20)32(38)39/h3-17,30H,2,18H2,1H3,(H,38,39)/b27-17+/t30-/m0/s1. The second kappa shape index (κ2) is 11.4. The van der Waals surface area contributed by atoms with Gasteiger partial charge in [-0.05, 0) is 48.9 Å². The number of carbonyl (C=O) groups excluding carboxylic acids is 1. The van der Waals surface area contributed by atoms with Crippen LogP contribution in [0.25, 0.3) is 23.1 Å². The summed E-state index contributed by atoms with van der Waals surface area (Å²) in [5, 5.41) is 9.36. The number of rotatable bonds is 7. The molecule has 0 bridgehead atoms. The SMILES string of the molecule is CCOC(=O)C1=C(c2ccccc2)N=c2s/c(=C/c3ccc(-c4cccc(C(=O)O)c4)o3)c(=O)n2[C@H]1c1ccc2c(c1)OCO2. The lowest BCUT2D eigenvalue weighted by Crippen LogP contribution is -2.40. The van der Waals surface area contributed by atoms with Gasteiger partial charge in [0.1, 0.15) is 11.5 Å². The number of carbonyl (C=O) groups is 2. The fraction of sp³-hybridized carbons (Fsp3) is 0.118. The third-order valence-electron chi connectivity index (χ3n) is 7.38. The van der Waals surface area contributed by atoms with Crippen LogP contribution in [0.4, 0.5) is 0 Å². The van der Waals surface area contributed by atoms with Gasteiger partial charge < -0.3 is 23.7 Å².